The molecular weight excluding hydrogens is 278 g/mol. The molecule has 5 nitrogen and oxygen atoms in total. The molecule has 0 saturated carbocycles. The van der Waals surface area contributed by atoms with Gasteiger partial charge in [-0.05, 0) is 29.8 Å². The normalized spacial score (nSPS) is 10.6. The fourth-order valence-corrected chi connectivity index (χ4v) is 2.30. The van der Waals surface area contributed by atoms with Crippen LogP contribution in [0.1, 0.15) is 5.56 Å². The molecule has 0 spiro atoms. The SMILES string of the molecule is Cn1ccc2c(OCC(=O)NCc3cccnc3)cccc21. The Bertz CT molecular complexity index is 781. The van der Waals surface area contributed by atoms with Crippen LogP contribution in [0.2, 0.25) is 0 Å². The predicted octanol–water partition coefficient (Wildman–Crippen LogP) is 2.27. The van der Waals surface area contributed by atoms with Crippen LogP contribution in [-0.2, 0) is 18.4 Å². The molecule has 3 rings (SSSR count). The maximum absolute atomic E-state index is 11.9. The lowest BCUT2D eigenvalue weighted by atomic mass is 10.2. The minimum atomic E-state index is -0.156. The lowest BCUT2D eigenvalue weighted by molar-refractivity contribution is -0.123. The van der Waals surface area contributed by atoms with E-state index in [4.69, 9.17) is 4.74 Å². The van der Waals surface area contributed by atoms with Crippen molar-refractivity contribution in [3.63, 3.8) is 0 Å². The van der Waals surface area contributed by atoms with Crippen LogP contribution in [0.4, 0.5) is 0 Å². The van der Waals surface area contributed by atoms with Crippen LogP contribution in [0.5, 0.6) is 5.75 Å². The van der Waals surface area contributed by atoms with Crippen molar-refractivity contribution in [1.29, 1.82) is 0 Å². The molecule has 0 atom stereocenters. The topological polar surface area (TPSA) is 56.1 Å². The van der Waals surface area contributed by atoms with Crippen molar-refractivity contribution in [2.45, 2.75) is 6.54 Å². The largest absolute Gasteiger partial charge is 0.483 e. The van der Waals surface area contributed by atoms with Gasteiger partial charge < -0.3 is 14.6 Å². The van der Waals surface area contributed by atoms with Crippen LogP contribution < -0.4 is 10.1 Å². The van der Waals surface area contributed by atoms with Crippen LogP contribution in [0.25, 0.3) is 10.9 Å². The minimum Gasteiger partial charge on any atom is -0.483 e. The van der Waals surface area contributed by atoms with E-state index < -0.39 is 0 Å². The molecule has 5 heteroatoms. The highest BCUT2D eigenvalue weighted by Gasteiger charge is 2.07. The highest BCUT2D eigenvalue weighted by molar-refractivity contribution is 5.87. The summed E-state index contributed by atoms with van der Waals surface area (Å²) in [5.74, 6) is 0.561. The van der Waals surface area contributed by atoms with E-state index in [9.17, 15) is 4.79 Å². The minimum absolute atomic E-state index is 0.00568. The lowest BCUT2D eigenvalue weighted by Crippen LogP contribution is -2.28. The quantitative estimate of drug-likeness (QED) is 0.785. The van der Waals surface area contributed by atoms with Gasteiger partial charge in [-0.2, -0.15) is 0 Å². The van der Waals surface area contributed by atoms with Gasteiger partial charge in [0.05, 0.1) is 5.52 Å². The molecule has 0 aliphatic heterocycles. The number of nitrogens with one attached hydrogen (secondary N) is 1. The molecule has 3 aromatic rings. The molecule has 0 aliphatic rings. The average Bonchev–Trinajstić information content (AvgIpc) is 2.94. The summed E-state index contributed by atoms with van der Waals surface area (Å²) in [6, 6.07) is 11.6. The summed E-state index contributed by atoms with van der Waals surface area (Å²) < 4.78 is 7.66. The van der Waals surface area contributed by atoms with Gasteiger partial charge in [0, 0.05) is 37.6 Å². The molecule has 2 heterocycles. The van der Waals surface area contributed by atoms with E-state index in [1.807, 2.05) is 54.2 Å². The Morgan fingerprint density at radius 1 is 1.27 bits per heavy atom. The molecule has 0 radical (unpaired) electrons. The molecule has 1 amide bonds. The van der Waals surface area contributed by atoms with Gasteiger partial charge in [-0.25, -0.2) is 0 Å². The standard InChI is InChI=1S/C17H17N3O2/c1-20-9-7-14-15(20)5-2-6-16(14)22-12-17(21)19-11-13-4-3-8-18-10-13/h2-10H,11-12H2,1H3,(H,19,21). The molecule has 0 bridgehead atoms. The van der Waals surface area contributed by atoms with Crippen molar-refractivity contribution in [3.8, 4) is 5.75 Å². The van der Waals surface area contributed by atoms with E-state index in [-0.39, 0.29) is 12.5 Å². The van der Waals surface area contributed by atoms with Gasteiger partial charge in [0.1, 0.15) is 5.75 Å². The molecule has 1 aromatic carbocycles. The smallest absolute Gasteiger partial charge is 0.258 e. The number of hydrogen-bond donors (Lipinski definition) is 1. The van der Waals surface area contributed by atoms with Crippen molar-refractivity contribution in [1.82, 2.24) is 14.9 Å². The highest BCUT2D eigenvalue weighted by atomic mass is 16.5. The molecule has 0 fully saturated rings. The summed E-state index contributed by atoms with van der Waals surface area (Å²) in [6.07, 6.45) is 5.40. The fraction of sp³-hybridized carbons (Fsp3) is 0.176. The van der Waals surface area contributed by atoms with Crippen LogP contribution >= 0.6 is 0 Å². The zero-order chi connectivity index (χ0) is 15.4. The number of carbonyl (C=O) groups is 1. The second-order valence-electron chi connectivity index (χ2n) is 5.04. The molecule has 1 N–H and O–H groups in total. The second-order valence-corrected chi connectivity index (χ2v) is 5.04. The first-order valence-electron chi connectivity index (χ1n) is 7.06. The zero-order valence-electron chi connectivity index (χ0n) is 12.3. The predicted molar refractivity (Wildman–Crippen MR) is 84.5 cm³/mol. The maximum atomic E-state index is 11.9. The van der Waals surface area contributed by atoms with Gasteiger partial charge in [-0.3, -0.25) is 9.78 Å². The van der Waals surface area contributed by atoms with Crippen LogP contribution in [0.3, 0.4) is 0 Å². The Kier molecular flexibility index (Phi) is 4.05. The number of fused-ring (bicyclic) bond motifs is 1. The zero-order valence-corrected chi connectivity index (χ0v) is 12.3. The third-order valence-electron chi connectivity index (χ3n) is 3.46. The number of pyridine rings is 1. The number of carbonyl (C=O) groups excluding carboxylic acids is 1. The van der Waals surface area contributed by atoms with Crippen molar-refractivity contribution in [2.24, 2.45) is 7.05 Å². The van der Waals surface area contributed by atoms with Crippen molar-refractivity contribution < 1.29 is 9.53 Å². The summed E-state index contributed by atoms with van der Waals surface area (Å²) in [4.78, 5) is 15.9. The van der Waals surface area contributed by atoms with Crippen LogP contribution in [0.15, 0.2) is 55.0 Å². The van der Waals surface area contributed by atoms with E-state index in [0.29, 0.717) is 6.54 Å². The number of nitrogens with zero attached hydrogens (tertiary/aromatic N) is 2. The second kappa shape index (κ2) is 6.30. The molecular formula is C17H17N3O2. The number of rotatable bonds is 5. The van der Waals surface area contributed by atoms with Crippen molar-refractivity contribution in [2.75, 3.05) is 6.61 Å². The van der Waals surface area contributed by atoms with E-state index >= 15 is 0 Å². The third-order valence-corrected chi connectivity index (χ3v) is 3.46. The van der Waals surface area contributed by atoms with Gasteiger partial charge >= 0.3 is 0 Å². The summed E-state index contributed by atoms with van der Waals surface area (Å²) in [5.41, 5.74) is 2.04. The Hall–Kier alpha value is -2.82. The van der Waals surface area contributed by atoms with Gasteiger partial charge in [-0.15, -0.1) is 0 Å². The van der Waals surface area contributed by atoms with Gasteiger partial charge in [0.25, 0.3) is 5.91 Å². The highest BCUT2D eigenvalue weighted by Crippen LogP contribution is 2.25. The first-order valence-corrected chi connectivity index (χ1v) is 7.06. The summed E-state index contributed by atoms with van der Waals surface area (Å²) in [6.45, 7) is 0.444. The number of benzene rings is 1. The third kappa shape index (κ3) is 3.09. The number of aryl methyl sites for hydroxylation is 1. The van der Waals surface area contributed by atoms with Gasteiger partial charge in [-0.1, -0.05) is 12.1 Å². The molecule has 2 aromatic heterocycles. The first-order chi connectivity index (χ1) is 10.7. The van der Waals surface area contributed by atoms with E-state index in [1.54, 1.807) is 12.4 Å². The maximum Gasteiger partial charge on any atom is 0.258 e. The number of amides is 1. The van der Waals surface area contributed by atoms with Crippen LogP contribution in [-0.4, -0.2) is 22.1 Å². The molecule has 22 heavy (non-hydrogen) atoms. The molecule has 0 unspecified atom stereocenters. The molecule has 0 saturated heterocycles. The Morgan fingerprint density at radius 2 is 2.18 bits per heavy atom. The average molecular weight is 295 g/mol. The first kappa shape index (κ1) is 14.1. The summed E-state index contributed by atoms with van der Waals surface area (Å²) in [5, 5.41) is 3.82. The number of ether oxygens (including phenoxy) is 1. The lowest BCUT2D eigenvalue weighted by Gasteiger charge is -2.08. The summed E-state index contributed by atoms with van der Waals surface area (Å²) >= 11 is 0. The fourth-order valence-electron chi connectivity index (χ4n) is 2.30. The van der Waals surface area contributed by atoms with E-state index in [2.05, 4.69) is 10.3 Å². The van der Waals surface area contributed by atoms with Crippen molar-refractivity contribution >= 4 is 16.8 Å². The van der Waals surface area contributed by atoms with Gasteiger partial charge in [0.2, 0.25) is 0 Å². The number of hydrogen-bond acceptors (Lipinski definition) is 3. The molecule has 112 valence electrons. The summed E-state index contributed by atoms with van der Waals surface area (Å²) in [7, 11) is 1.98. The monoisotopic (exact) mass is 295 g/mol. The van der Waals surface area contributed by atoms with Crippen molar-refractivity contribution in [3.05, 3.63) is 60.6 Å². The number of aromatic nitrogens is 2. The Labute approximate surface area is 128 Å². The Morgan fingerprint density at radius 3 is 3.00 bits per heavy atom. The van der Waals surface area contributed by atoms with Gasteiger partial charge in [0.15, 0.2) is 6.61 Å². The molecule has 0 aliphatic carbocycles. The van der Waals surface area contributed by atoms with E-state index in [1.165, 1.54) is 0 Å². The Balaban J connectivity index is 1.58. The van der Waals surface area contributed by atoms with E-state index in [0.717, 1.165) is 22.2 Å². The van der Waals surface area contributed by atoms with Crippen LogP contribution in [0, 0.1) is 0 Å².